The molecule has 0 aromatic carbocycles. The Morgan fingerprint density at radius 2 is 2.20 bits per heavy atom. The molecule has 0 aliphatic heterocycles. The summed E-state index contributed by atoms with van der Waals surface area (Å²) in [5.41, 5.74) is 1.90. The van der Waals surface area contributed by atoms with Crippen molar-refractivity contribution in [2.75, 3.05) is 0 Å². The van der Waals surface area contributed by atoms with E-state index in [1.807, 2.05) is 26.8 Å². The standard InChI is InChI=1S/C13H17N5OS/c1-7-6-8(2)18-12(14-7)16-13(17-18)20-9(3)11(19)15-10-4-5-10/h6,9-10H,4-5H2,1-3H3,(H,15,19). The molecule has 1 atom stereocenters. The molecule has 20 heavy (non-hydrogen) atoms. The average Bonchev–Trinajstić information content (AvgIpc) is 3.08. The average molecular weight is 291 g/mol. The van der Waals surface area contributed by atoms with Gasteiger partial charge in [-0.15, -0.1) is 5.10 Å². The van der Waals surface area contributed by atoms with Crippen LogP contribution in [-0.2, 0) is 4.79 Å². The van der Waals surface area contributed by atoms with E-state index >= 15 is 0 Å². The van der Waals surface area contributed by atoms with E-state index < -0.39 is 0 Å². The first-order valence-corrected chi connectivity index (χ1v) is 7.59. The highest BCUT2D eigenvalue weighted by Crippen LogP contribution is 2.23. The van der Waals surface area contributed by atoms with Crippen LogP contribution in [0.4, 0.5) is 0 Å². The zero-order chi connectivity index (χ0) is 14.3. The quantitative estimate of drug-likeness (QED) is 0.864. The van der Waals surface area contributed by atoms with Gasteiger partial charge in [0, 0.05) is 17.4 Å². The Morgan fingerprint density at radius 1 is 1.45 bits per heavy atom. The van der Waals surface area contributed by atoms with Crippen LogP contribution < -0.4 is 5.32 Å². The molecule has 2 heterocycles. The summed E-state index contributed by atoms with van der Waals surface area (Å²) in [6, 6.07) is 2.34. The number of aryl methyl sites for hydroxylation is 2. The van der Waals surface area contributed by atoms with Crippen LogP contribution in [0, 0.1) is 13.8 Å². The first-order chi connectivity index (χ1) is 9.52. The molecule has 1 aliphatic rings. The van der Waals surface area contributed by atoms with Crippen molar-refractivity contribution in [3.8, 4) is 0 Å². The van der Waals surface area contributed by atoms with Crippen molar-refractivity contribution in [2.24, 2.45) is 0 Å². The van der Waals surface area contributed by atoms with Crippen LogP contribution in [0.25, 0.3) is 5.78 Å². The van der Waals surface area contributed by atoms with Gasteiger partial charge in [0.25, 0.3) is 5.78 Å². The second-order valence-corrected chi connectivity index (χ2v) is 6.50. The highest BCUT2D eigenvalue weighted by atomic mass is 32.2. The van der Waals surface area contributed by atoms with Gasteiger partial charge in [-0.05, 0) is 39.7 Å². The van der Waals surface area contributed by atoms with E-state index in [0.29, 0.717) is 17.0 Å². The SMILES string of the molecule is Cc1cc(C)n2nc(SC(C)C(=O)NC3CC3)nc2n1. The second kappa shape index (κ2) is 5.05. The number of rotatable bonds is 4. The topological polar surface area (TPSA) is 72.2 Å². The first-order valence-electron chi connectivity index (χ1n) is 6.71. The fourth-order valence-corrected chi connectivity index (χ4v) is 2.71. The van der Waals surface area contributed by atoms with Crippen molar-refractivity contribution in [3.63, 3.8) is 0 Å². The summed E-state index contributed by atoms with van der Waals surface area (Å²) >= 11 is 1.37. The van der Waals surface area contributed by atoms with E-state index in [2.05, 4.69) is 20.4 Å². The van der Waals surface area contributed by atoms with E-state index in [4.69, 9.17) is 0 Å². The summed E-state index contributed by atoms with van der Waals surface area (Å²) in [6.07, 6.45) is 2.19. The molecule has 6 nitrogen and oxygen atoms in total. The summed E-state index contributed by atoms with van der Waals surface area (Å²) in [5.74, 6) is 0.636. The molecule has 1 fully saturated rings. The van der Waals surface area contributed by atoms with Gasteiger partial charge in [-0.1, -0.05) is 11.8 Å². The number of nitrogens with one attached hydrogen (secondary N) is 1. The van der Waals surface area contributed by atoms with Crippen molar-refractivity contribution in [1.82, 2.24) is 24.9 Å². The van der Waals surface area contributed by atoms with Gasteiger partial charge in [0.05, 0.1) is 5.25 Å². The third-order valence-electron chi connectivity index (χ3n) is 3.17. The Morgan fingerprint density at radius 3 is 2.90 bits per heavy atom. The second-order valence-electron chi connectivity index (χ2n) is 5.19. The number of carbonyl (C=O) groups is 1. The lowest BCUT2D eigenvalue weighted by Gasteiger charge is -2.08. The van der Waals surface area contributed by atoms with E-state index in [0.717, 1.165) is 24.2 Å². The maximum atomic E-state index is 11.9. The lowest BCUT2D eigenvalue weighted by Crippen LogP contribution is -2.32. The number of aromatic nitrogens is 4. The van der Waals surface area contributed by atoms with Gasteiger partial charge in [0.2, 0.25) is 11.1 Å². The van der Waals surface area contributed by atoms with E-state index in [1.54, 1.807) is 4.52 Å². The first kappa shape index (κ1) is 13.4. The van der Waals surface area contributed by atoms with Crippen molar-refractivity contribution in [2.45, 2.75) is 50.1 Å². The number of hydrogen-bond donors (Lipinski definition) is 1. The van der Waals surface area contributed by atoms with Crippen molar-refractivity contribution >= 4 is 23.4 Å². The molecule has 0 spiro atoms. The molecule has 7 heteroatoms. The highest BCUT2D eigenvalue weighted by Gasteiger charge is 2.26. The lowest BCUT2D eigenvalue weighted by atomic mass is 10.4. The van der Waals surface area contributed by atoms with Crippen LogP contribution in [0.1, 0.15) is 31.2 Å². The summed E-state index contributed by atoms with van der Waals surface area (Å²) in [6.45, 7) is 5.77. The lowest BCUT2D eigenvalue weighted by molar-refractivity contribution is -0.120. The van der Waals surface area contributed by atoms with Crippen molar-refractivity contribution < 1.29 is 4.79 Å². The predicted molar refractivity (Wildman–Crippen MR) is 76.7 cm³/mol. The fourth-order valence-electron chi connectivity index (χ4n) is 1.96. The van der Waals surface area contributed by atoms with Gasteiger partial charge in [-0.2, -0.15) is 4.98 Å². The van der Waals surface area contributed by atoms with Crippen LogP contribution in [0.15, 0.2) is 11.2 Å². The molecule has 1 aliphatic carbocycles. The Hall–Kier alpha value is -1.63. The summed E-state index contributed by atoms with van der Waals surface area (Å²) in [7, 11) is 0. The van der Waals surface area contributed by atoms with Crippen LogP contribution in [-0.4, -0.2) is 36.8 Å². The molecule has 1 saturated carbocycles. The molecule has 2 aromatic heterocycles. The largest absolute Gasteiger partial charge is 0.352 e. The Balaban J connectivity index is 1.76. The smallest absolute Gasteiger partial charge is 0.253 e. The third-order valence-corrected chi connectivity index (χ3v) is 4.13. The Kier molecular flexibility index (Phi) is 3.37. The van der Waals surface area contributed by atoms with Crippen LogP contribution in [0.3, 0.4) is 0 Å². The highest BCUT2D eigenvalue weighted by molar-refractivity contribution is 8.00. The van der Waals surface area contributed by atoms with Gasteiger partial charge < -0.3 is 5.32 Å². The number of amides is 1. The van der Waals surface area contributed by atoms with Crippen LogP contribution in [0.2, 0.25) is 0 Å². The summed E-state index contributed by atoms with van der Waals surface area (Å²) in [4.78, 5) is 20.6. The molecule has 2 aromatic rings. The molecule has 1 amide bonds. The zero-order valence-corrected chi connectivity index (χ0v) is 12.6. The third kappa shape index (κ3) is 2.77. The Bertz CT molecular complexity index is 664. The van der Waals surface area contributed by atoms with E-state index in [-0.39, 0.29) is 11.2 Å². The predicted octanol–water partition coefficient (Wildman–Crippen LogP) is 1.50. The number of fused-ring (bicyclic) bond motifs is 1. The van der Waals surface area contributed by atoms with Crippen LogP contribution in [0.5, 0.6) is 0 Å². The fraction of sp³-hybridized carbons (Fsp3) is 0.538. The van der Waals surface area contributed by atoms with Crippen LogP contribution >= 0.6 is 11.8 Å². The van der Waals surface area contributed by atoms with Gasteiger partial charge >= 0.3 is 0 Å². The minimum absolute atomic E-state index is 0.0530. The normalized spacial score (nSPS) is 16.4. The number of hydrogen-bond acceptors (Lipinski definition) is 5. The molecule has 106 valence electrons. The Labute approximate surface area is 121 Å². The van der Waals surface area contributed by atoms with E-state index in [9.17, 15) is 4.79 Å². The monoisotopic (exact) mass is 291 g/mol. The number of carbonyl (C=O) groups excluding carboxylic acids is 1. The minimum atomic E-state index is -0.200. The maximum Gasteiger partial charge on any atom is 0.253 e. The molecule has 0 bridgehead atoms. The zero-order valence-electron chi connectivity index (χ0n) is 11.8. The molecular formula is C13H17N5OS. The molecular weight excluding hydrogens is 274 g/mol. The number of nitrogens with zero attached hydrogens (tertiary/aromatic N) is 4. The maximum absolute atomic E-state index is 11.9. The van der Waals surface area contributed by atoms with Gasteiger partial charge in [0.15, 0.2) is 0 Å². The van der Waals surface area contributed by atoms with Gasteiger partial charge in [-0.3, -0.25) is 4.79 Å². The molecule has 0 saturated heterocycles. The van der Waals surface area contributed by atoms with E-state index in [1.165, 1.54) is 11.8 Å². The van der Waals surface area contributed by atoms with Gasteiger partial charge in [0.1, 0.15) is 0 Å². The molecule has 3 rings (SSSR count). The van der Waals surface area contributed by atoms with Gasteiger partial charge in [-0.25, -0.2) is 9.50 Å². The summed E-state index contributed by atoms with van der Waals surface area (Å²) in [5, 5.41) is 7.77. The molecule has 0 radical (unpaired) electrons. The molecule has 1 unspecified atom stereocenters. The van der Waals surface area contributed by atoms with Crippen molar-refractivity contribution in [3.05, 3.63) is 17.5 Å². The minimum Gasteiger partial charge on any atom is -0.352 e. The summed E-state index contributed by atoms with van der Waals surface area (Å²) < 4.78 is 1.71. The van der Waals surface area contributed by atoms with Crippen molar-refractivity contribution in [1.29, 1.82) is 0 Å². The number of thioether (sulfide) groups is 1. The molecule has 1 N–H and O–H groups in total.